The van der Waals surface area contributed by atoms with Crippen LogP contribution >= 0.6 is 0 Å². The number of benzene rings is 5. The molecule has 9 rings (SSSR count). The second-order valence-corrected chi connectivity index (χ2v) is 11.5. The number of hydrogen-bond donors (Lipinski definition) is 1. The molecule has 0 aliphatic carbocycles. The molecular weight excluding hydrogens is 548 g/mol. The third kappa shape index (κ3) is 4.22. The van der Waals surface area contributed by atoms with Crippen LogP contribution in [0.3, 0.4) is 0 Å². The van der Waals surface area contributed by atoms with Crippen LogP contribution in [0.4, 0.5) is 0 Å². The van der Waals surface area contributed by atoms with E-state index in [-0.39, 0.29) is 6.04 Å². The number of fused-ring (bicyclic) bond motifs is 6. The smallest absolute Gasteiger partial charge is 0.0879 e. The van der Waals surface area contributed by atoms with Gasteiger partial charge in [-0.2, -0.15) is 0 Å². The molecular formula is C41H28N4. The molecule has 0 fully saturated rings. The van der Waals surface area contributed by atoms with E-state index in [2.05, 4.69) is 148 Å². The van der Waals surface area contributed by atoms with Crippen LogP contribution < -0.4 is 5.32 Å². The van der Waals surface area contributed by atoms with E-state index >= 15 is 0 Å². The fraction of sp³-hybridized carbons (Fsp3) is 0.0244. The normalized spacial score (nSPS) is 14.9. The molecule has 5 aromatic carbocycles. The number of pyridine rings is 2. The topological polar surface area (TPSA) is 42.7 Å². The number of para-hydroxylation sites is 1. The molecule has 4 heteroatoms. The van der Waals surface area contributed by atoms with Gasteiger partial charge >= 0.3 is 0 Å². The van der Waals surface area contributed by atoms with Crippen molar-refractivity contribution in [2.75, 3.05) is 0 Å². The molecule has 0 bridgehead atoms. The molecule has 3 aromatic heterocycles. The summed E-state index contributed by atoms with van der Waals surface area (Å²) in [5.74, 6) is 0. The average Bonchev–Trinajstić information content (AvgIpc) is 3.46. The lowest BCUT2D eigenvalue weighted by atomic mass is 9.91. The Labute approximate surface area is 260 Å². The molecule has 1 atom stereocenters. The Morgan fingerprint density at radius 2 is 1.38 bits per heavy atom. The maximum Gasteiger partial charge on any atom is 0.0879 e. The molecule has 0 spiro atoms. The van der Waals surface area contributed by atoms with Crippen LogP contribution in [0.25, 0.3) is 60.3 Å². The number of allylic oxidation sites excluding steroid dienone is 2. The molecule has 0 saturated heterocycles. The summed E-state index contributed by atoms with van der Waals surface area (Å²) in [6.07, 6.45) is 10.3. The summed E-state index contributed by atoms with van der Waals surface area (Å²) >= 11 is 0. The zero-order valence-electron chi connectivity index (χ0n) is 24.4. The Hall–Kier alpha value is -6.00. The first kappa shape index (κ1) is 25.5. The second kappa shape index (κ2) is 10.3. The van der Waals surface area contributed by atoms with Crippen LogP contribution in [-0.4, -0.2) is 14.5 Å². The van der Waals surface area contributed by atoms with Crippen molar-refractivity contribution in [3.8, 4) is 5.69 Å². The molecule has 4 nitrogen and oxygen atoms in total. The highest BCUT2D eigenvalue weighted by Gasteiger charge is 2.21. The third-order valence-electron chi connectivity index (χ3n) is 8.93. The summed E-state index contributed by atoms with van der Waals surface area (Å²) in [6, 6.07) is 45.2. The Morgan fingerprint density at radius 1 is 0.600 bits per heavy atom. The van der Waals surface area contributed by atoms with Crippen molar-refractivity contribution in [2.24, 2.45) is 0 Å². The van der Waals surface area contributed by atoms with Gasteiger partial charge in [0.15, 0.2) is 0 Å². The highest BCUT2D eigenvalue weighted by atomic mass is 15.0. The maximum absolute atomic E-state index is 4.75. The van der Waals surface area contributed by atoms with E-state index in [0.717, 1.165) is 39.1 Å². The Kier molecular flexibility index (Phi) is 5.85. The van der Waals surface area contributed by atoms with E-state index in [1.54, 1.807) is 0 Å². The van der Waals surface area contributed by atoms with E-state index < -0.39 is 0 Å². The van der Waals surface area contributed by atoms with Crippen LogP contribution in [-0.2, 0) is 0 Å². The lowest BCUT2D eigenvalue weighted by Crippen LogP contribution is -2.22. The number of aromatic nitrogens is 3. The highest BCUT2D eigenvalue weighted by molar-refractivity contribution is 6.12. The van der Waals surface area contributed by atoms with Crippen LogP contribution in [0.5, 0.6) is 0 Å². The average molecular weight is 577 g/mol. The molecule has 1 aliphatic rings. The summed E-state index contributed by atoms with van der Waals surface area (Å²) in [4.78, 5) is 9.19. The van der Waals surface area contributed by atoms with E-state index in [0.29, 0.717) is 0 Å². The third-order valence-corrected chi connectivity index (χ3v) is 8.93. The number of nitrogens with zero attached hydrogens (tertiary/aromatic N) is 3. The Bertz CT molecular complexity index is 2410. The van der Waals surface area contributed by atoms with Gasteiger partial charge in [0.25, 0.3) is 0 Å². The van der Waals surface area contributed by atoms with Gasteiger partial charge in [0.2, 0.25) is 0 Å². The van der Waals surface area contributed by atoms with Gasteiger partial charge in [-0.1, -0.05) is 84.9 Å². The van der Waals surface area contributed by atoms with Crippen molar-refractivity contribution < 1.29 is 0 Å². The van der Waals surface area contributed by atoms with E-state index in [1.807, 2.05) is 24.7 Å². The van der Waals surface area contributed by atoms with Crippen molar-refractivity contribution in [2.45, 2.75) is 6.04 Å². The lowest BCUT2D eigenvalue weighted by Gasteiger charge is -2.26. The van der Waals surface area contributed by atoms with Gasteiger partial charge in [-0.25, -0.2) is 0 Å². The van der Waals surface area contributed by atoms with Crippen LogP contribution in [0.1, 0.15) is 22.9 Å². The quantitative estimate of drug-likeness (QED) is 0.212. The lowest BCUT2D eigenvalue weighted by molar-refractivity contribution is 0.740. The molecule has 1 unspecified atom stereocenters. The molecule has 0 amide bonds. The van der Waals surface area contributed by atoms with Gasteiger partial charge in [0.1, 0.15) is 0 Å². The summed E-state index contributed by atoms with van der Waals surface area (Å²) in [6.45, 7) is 0. The van der Waals surface area contributed by atoms with Crippen molar-refractivity contribution in [1.82, 2.24) is 19.9 Å². The fourth-order valence-corrected chi connectivity index (χ4v) is 6.88. The van der Waals surface area contributed by atoms with Gasteiger partial charge in [0.05, 0.1) is 22.8 Å². The molecule has 45 heavy (non-hydrogen) atoms. The predicted octanol–water partition coefficient (Wildman–Crippen LogP) is 9.65. The highest BCUT2D eigenvalue weighted by Crippen LogP contribution is 2.38. The van der Waals surface area contributed by atoms with E-state index in [1.165, 1.54) is 38.0 Å². The van der Waals surface area contributed by atoms with Crippen LogP contribution in [0.2, 0.25) is 0 Å². The maximum atomic E-state index is 4.75. The summed E-state index contributed by atoms with van der Waals surface area (Å²) in [5.41, 5.74) is 8.98. The molecule has 1 aliphatic heterocycles. The fourth-order valence-electron chi connectivity index (χ4n) is 6.88. The van der Waals surface area contributed by atoms with Gasteiger partial charge in [0, 0.05) is 46.3 Å². The molecule has 1 N–H and O–H groups in total. The molecule has 0 radical (unpaired) electrons. The van der Waals surface area contributed by atoms with Crippen molar-refractivity contribution in [1.29, 1.82) is 0 Å². The van der Waals surface area contributed by atoms with Crippen molar-refractivity contribution >= 4 is 54.6 Å². The van der Waals surface area contributed by atoms with Gasteiger partial charge < -0.3 is 9.88 Å². The Morgan fingerprint density at radius 3 is 2.27 bits per heavy atom. The molecule has 212 valence electrons. The largest absolute Gasteiger partial charge is 0.373 e. The SMILES string of the molecule is C1=C(c2cccc(-n3c4ccccc4c4cnccc43)c2)C=C(c2cc3ccccc3c3ccccc23)NC1c1ccccn1. The first-order valence-corrected chi connectivity index (χ1v) is 15.3. The second-order valence-electron chi connectivity index (χ2n) is 11.5. The first-order valence-electron chi connectivity index (χ1n) is 15.3. The van der Waals surface area contributed by atoms with E-state index in [4.69, 9.17) is 4.98 Å². The molecule has 0 saturated carbocycles. The number of rotatable bonds is 4. The number of hydrogen-bond acceptors (Lipinski definition) is 3. The monoisotopic (exact) mass is 576 g/mol. The van der Waals surface area contributed by atoms with Gasteiger partial charge in [-0.15, -0.1) is 0 Å². The predicted molar refractivity (Wildman–Crippen MR) is 186 cm³/mol. The Balaban J connectivity index is 1.25. The van der Waals surface area contributed by atoms with Gasteiger partial charge in [-0.05, 0) is 87.3 Å². The molecule has 4 heterocycles. The minimum Gasteiger partial charge on any atom is -0.373 e. The summed E-state index contributed by atoms with van der Waals surface area (Å²) in [7, 11) is 0. The van der Waals surface area contributed by atoms with Crippen molar-refractivity contribution in [3.63, 3.8) is 0 Å². The van der Waals surface area contributed by atoms with E-state index in [9.17, 15) is 0 Å². The minimum absolute atomic E-state index is 0.0885. The summed E-state index contributed by atoms with van der Waals surface area (Å²) in [5, 5.41) is 11.2. The zero-order valence-corrected chi connectivity index (χ0v) is 24.4. The number of dihydropyridines is 1. The molecule has 8 aromatic rings. The number of nitrogens with one attached hydrogen (secondary N) is 1. The van der Waals surface area contributed by atoms with Crippen LogP contribution in [0, 0.1) is 0 Å². The standard InChI is InChI=1S/C41H28N4/c1-2-13-31-28(10-1)23-35(33-15-4-3-14-32(31)33)38-24-29(25-39(44-38)37-17-7-8-20-43-37)27-11-9-12-30(22-27)45-40-18-6-5-16-34(40)36-26-42-21-19-41(36)45/h1-26,39,44H. The van der Waals surface area contributed by atoms with Crippen molar-refractivity contribution in [3.05, 3.63) is 175 Å². The summed E-state index contributed by atoms with van der Waals surface area (Å²) < 4.78 is 2.34. The van der Waals surface area contributed by atoms with Gasteiger partial charge in [-0.3, -0.25) is 9.97 Å². The minimum atomic E-state index is -0.0885. The first-order chi connectivity index (χ1) is 22.3. The zero-order chi connectivity index (χ0) is 29.7. The van der Waals surface area contributed by atoms with Crippen LogP contribution in [0.15, 0.2) is 158 Å².